The van der Waals surface area contributed by atoms with Gasteiger partial charge in [0, 0.05) is 6.07 Å². The van der Waals surface area contributed by atoms with Crippen LogP contribution in [0.4, 0.5) is 14.5 Å². The van der Waals surface area contributed by atoms with Crippen LogP contribution in [-0.4, -0.2) is 23.6 Å². The van der Waals surface area contributed by atoms with Crippen molar-refractivity contribution in [3.63, 3.8) is 0 Å². The smallest absolute Gasteiger partial charge is 0.338 e. The van der Waals surface area contributed by atoms with E-state index in [2.05, 4.69) is 5.32 Å². The first-order chi connectivity index (χ1) is 13.4. The topological polar surface area (TPSA) is 75.6 Å². The molecule has 0 spiro atoms. The fraction of sp³-hybridized carbons (Fsp3) is 0.0476. The van der Waals surface area contributed by atoms with E-state index < -0.39 is 30.1 Å². The van der Waals surface area contributed by atoms with Crippen LogP contribution in [0, 0.1) is 11.6 Å². The van der Waals surface area contributed by atoms with Gasteiger partial charge in [-0.15, -0.1) is 0 Å². The van der Waals surface area contributed by atoms with Crippen molar-refractivity contribution in [2.45, 2.75) is 0 Å². The molecule has 5 nitrogen and oxygen atoms in total. The zero-order chi connectivity index (χ0) is 20.1. The van der Waals surface area contributed by atoms with Crippen molar-refractivity contribution in [1.29, 1.82) is 0 Å². The molecule has 3 aromatic carbocycles. The van der Waals surface area contributed by atoms with E-state index in [-0.39, 0.29) is 17.0 Å². The normalized spacial score (nSPS) is 10.4. The van der Waals surface area contributed by atoms with E-state index in [1.807, 2.05) is 0 Å². The lowest BCUT2D eigenvalue weighted by Crippen LogP contribution is -2.21. The van der Waals surface area contributed by atoms with E-state index in [9.17, 15) is 23.5 Å². The minimum atomic E-state index is -0.800. The average Bonchev–Trinajstić information content (AvgIpc) is 2.70. The minimum Gasteiger partial charge on any atom is -0.508 e. The highest BCUT2D eigenvalue weighted by molar-refractivity contribution is 5.95. The highest BCUT2D eigenvalue weighted by Crippen LogP contribution is 2.22. The number of phenols is 1. The molecular formula is C21H15F2NO4. The number of esters is 1. The molecule has 28 heavy (non-hydrogen) atoms. The molecular weight excluding hydrogens is 368 g/mol. The van der Waals surface area contributed by atoms with Crippen LogP contribution >= 0.6 is 0 Å². The third kappa shape index (κ3) is 4.70. The summed E-state index contributed by atoms with van der Waals surface area (Å²) >= 11 is 0. The van der Waals surface area contributed by atoms with Crippen molar-refractivity contribution in [1.82, 2.24) is 0 Å². The lowest BCUT2D eigenvalue weighted by Gasteiger charge is -2.08. The minimum absolute atomic E-state index is 0.153. The lowest BCUT2D eigenvalue weighted by atomic mass is 10.0. The SMILES string of the molecule is O=C(COC(=O)c1ccc(-c2ccc(O)cc2)cc1)Nc1cc(F)ccc1F. The number of ether oxygens (including phenoxy) is 1. The zero-order valence-electron chi connectivity index (χ0n) is 14.5. The van der Waals surface area contributed by atoms with Gasteiger partial charge in [0.25, 0.3) is 5.91 Å². The van der Waals surface area contributed by atoms with E-state index in [0.717, 1.165) is 29.3 Å². The molecule has 0 fully saturated rings. The number of aromatic hydroxyl groups is 1. The van der Waals surface area contributed by atoms with Crippen molar-refractivity contribution < 1.29 is 28.2 Å². The summed E-state index contributed by atoms with van der Waals surface area (Å²) in [5, 5.41) is 11.5. The maximum Gasteiger partial charge on any atom is 0.338 e. The van der Waals surface area contributed by atoms with E-state index >= 15 is 0 Å². The summed E-state index contributed by atoms with van der Waals surface area (Å²) in [6, 6.07) is 15.7. The standard InChI is InChI=1S/C21H15F2NO4/c22-16-7-10-18(23)19(11-16)24-20(26)12-28-21(27)15-3-1-13(2-4-15)14-5-8-17(25)9-6-14/h1-11,25H,12H2,(H,24,26). The maximum atomic E-state index is 13.5. The molecule has 0 atom stereocenters. The highest BCUT2D eigenvalue weighted by Gasteiger charge is 2.13. The molecule has 0 saturated heterocycles. The number of anilines is 1. The number of benzene rings is 3. The number of phenolic OH excluding ortho intramolecular Hbond substituents is 1. The molecule has 3 rings (SSSR count). The van der Waals surface area contributed by atoms with Crippen molar-refractivity contribution >= 4 is 17.6 Å². The van der Waals surface area contributed by atoms with Crippen molar-refractivity contribution in [3.8, 4) is 16.9 Å². The number of halogens is 2. The third-order valence-corrected chi connectivity index (χ3v) is 3.86. The zero-order valence-corrected chi connectivity index (χ0v) is 14.5. The van der Waals surface area contributed by atoms with Crippen LogP contribution < -0.4 is 5.32 Å². The summed E-state index contributed by atoms with van der Waals surface area (Å²) in [4.78, 5) is 23.8. The molecule has 0 aliphatic heterocycles. The predicted octanol–water partition coefficient (Wildman–Crippen LogP) is 4.13. The van der Waals surface area contributed by atoms with E-state index in [1.54, 1.807) is 36.4 Å². The van der Waals surface area contributed by atoms with Crippen molar-refractivity contribution in [2.75, 3.05) is 11.9 Å². The van der Waals surface area contributed by atoms with Crippen LogP contribution in [0.25, 0.3) is 11.1 Å². The van der Waals surface area contributed by atoms with Crippen LogP contribution in [0.5, 0.6) is 5.75 Å². The van der Waals surface area contributed by atoms with Gasteiger partial charge in [-0.25, -0.2) is 13.6 Å². The Bertz CT molecular complexity index is 1000. The molecule has 0 heterocycles. The Labute approximate surface area is 159 Å². The van der Waals surface area contributed by atoms with Crippen LogP contribution in [0.3, 0.4) is 0 Å². The average molecular weight is 383 g/mol. The molecule has 7 heteroatoms. The van der Waals surface area contributed by atoms with Gasteiger partial charge < -0.3 is 15.2 Å². The number of hydrogen-bond donors (Lipinski definition) is 2. The Morgan fingerprint density at radius 2 is 1.50 bits per heavy atom. The molecule has 0 bridgehead atoms. The van der Waals surface area contributed by atoms with Crippen LogP contribution in [0.15, 0.2) is 66.7 Å². The fourth-order valence-corrected chi connectivity index (χ4v) is 2.45. The number of rotatable bonds is 5. The summed E-state index contributed by atoms with van der Waals surface area (Å²) in [7, 11) is 0. The van der Waals surface area contributed by atoms with Crippen LogP contribution in [0.1, 0.15) is 10.4 Å². The summed E-state index contributed by atoms with van der Waals surface area (Å²) in [5.41, 5.74) is 1.58. The van der Waals surface area contributed by atoms with Crippen molar-refractivity contribution in [2.24, 2.45) is 0 Å². The Morgan fingerprint density at radius 3 is 2.14 bits per heavy atom. The van der Waals surface area contributed by atoms with E-state index in [0.29, 0.717) is 0 Å². The second-order valence-corrected chi connectivity index (χ2v) is 5.87. The summed E-state index contributed by atoms with van der Waals surface area (Å²) in [5.74, 6) is -2.88. The Morgan fingerprint density at radius 1 is 0.893 bits per heavy atom. The summed E-state index contributed by atoms with van der Waals surface area (Å²) in [6.07, 6.45) is 0. The molecule has 0 aromatic heterocycles. The molecule has 2 N–H and O–H groups in total. The Balaban J connectivity index is 1.58. The molecule has 3 aromatic rings. The maximum absolute atomic E-state index is 13.5. The number of carbonyl (C=O) groups excluding carboxylic acids is 2. The van der Waals surface area contributed by atoms with E-state index in [1.165, 1.54) is 12.1 Å². The van der Waals surface area contributed by atoms with Gasteiger partial charge >= 0.3 is 5.97 Å². The molecule has 0 unspecified atom stereocenters. The summed E-state index contributed by atoms with van der Waals surface area (Å²) < 4.78 is 31.5. The second kappa shape index (κ2) is 8.30. The molecule has 0 saturated carbocycles. The Hall–Kier alpha value is -3.74. The van der Waals surface area contributed by atoms with Gasteiger partial charge in [-0.2, -0.15) is 0 Å². The molecule has 142 valence electrons. The summed E-state index contributed by atoms with van der Waals surface area (Å²) in [6.45, 7) is -0.644. The monoisotopic (exact) mass is 383 g/mol. The van der Waals surface area contributed by atoms with Gasteiger partial charge in [0.15, 0.2) is 6.61 Å². The van der Waals surface area contributed by atoms with Gasteiger partial charge in [0.1, 0.15) is 17.4 Å². The van der Waals surface area contributed by atoms with Gasteiger partial charge in [-0.3, -0.25) is 4.79 Å². The molecule has 1 amide bonds. The lowest BCUT2D eigenvalue weighted by molar-refractivity contribution is -0.119. The van der Waals surface area contributed by atoms with Crippen LogP contribution in [-0.2, 0) is 9.53 Å². The molecule has 0 aliphatic rings. The molecule has 0 aliphatic carbocycles. The highest BCUT2D eigenvalue weighted by atomic mass is 19.1. The number of carbonyl (C=O) groups is 2. The van der Waals surface area contributed by atoms with Crippen LogP contribution in [0.2, 0.25) is 0 Å². The largest absolute Gasteiger partial charge is 0.508 e. The first-order valence-corrected chi connectivity index (χ1v) is 8.24. The third-order valence-electron chi connectivity index (χ3n) is 3.86. The van der Waals surface area contributed by atoms with Gasteiger partial charge in [0.05, 0.1) is 11.3 Å². The first-order valence-electron chi connectivity index (χ1n) is 8.24. The first kappa shape index (κ1) is 19.0. The fourth-order valence-electron chi connectivity index (χ4n) is 2.45. The molecule has 0 radical (unpaired) electrons. The number of hydrogen-bond acceptors (Lipinski definition) is 4. The van der Waals surface area contributed by atoms with Gasteiger partial charge in [-0.1, -0.05) is 24.3 Å². The van der Waals surface area contributed by atoms with Crippen molar-refractivity contribution in [3.05, 3.63) is 83.9 Å². The number of nitrogens with one attached hydrogen (secondary N) is 1. The van der Waals surface area contributed by atoms with Gasteiger partial charge in [-0.05, 0) is 47.5 Å². The second-order valence-electron chi connectivity index (χ2n) is 5.87. The Kier molecular flexibility index (Phi) is 5.64. The quantitative estimate of drug-likeness (QED) is 0.650. The predicted molar refractivity (Wildman–Crippen MR) is 98.8 cm³/mol. The van der Waals surface area contributed by atoms with E-state index in [4.69, 9.17) is 4.74 Å². The van der Waals surface area contributed by atoms with Gasteiger partial charge in [0.2, 0.25) is 0 Å². The number of amides is 1.